The van der Waals surface area contributed by atoms with E-state index in [0.717, 1.165) is 23.8 Å². The Kier molecular flexibility index (Phi) is 7.45. The third-order valence-corrected chi connectivity index (χ3v) is 5.15. The summed E-state index contributed by atoms with van der Waals surface area (Å²) in [4.78, 5) is 18.1. The minimum atomic E-state index is -0.0112. The van der Waals surface area contributed by atoms with Gasteiger partial charge in [0.1, 0.15) is 0 Å². The summed E-state index contributed by atoms with van der Waals surface area (Å²) in [5, 5.41) is 9.76. The molecule has 6 heteroatoms. The molecule has 0 unspecified atom stereocenters. The van der Waals surface area contributed by atoms with Crippen LogP contribution in [-0.4, -0.2) is 51.0 Å². The third kappa shape index (κ3) is 6.02. The van der Waals surface area contributed by atoms with E-state index in [-0.39, 0.29) is 5.91 Å². The predicted octanol–water partition coefficient (Wildman–Crippen LogP) is 2.43. The summed E-state index contributed by atoms with van der Waals surface area (Å²) >= 11 is 0. The Labute approximate surface area is 157 Å². The summed E-state index contributed by atoms with van der Waals surface area (Å²) in [5.74, 6) is 0.815. The van der Waals surface area contributed by atoms with E-state index in [1.165, 1.54) is 25.7 Å². The van der Waals surface area contributed by atoms with Crippen LogP contribution >= 0.6 is 0 Å². The van der Waals surface area contributed by atoms with E-state index in [1.807, 2.05) is 43.3 Å². The number of anilines is 1. The molecule has 1 fully saturated rings. The first-order valence-electron chi connectivity index (χ1n) is 9.44. The second kappa shape index (κ2) is 9.57. The number of benzene rings is 1. The minimum Gasteiger partial charge on any atom is -0.356 e. The normalized spacial score (nSPS) is 16.1. The molecule has 2 rings (SSSR count). The highest BCUT2D eigenvalue weighted by atomic mass is 16.2. The first-order valence-corrected chi connectivity index (χ1v) is 9.44. The Morgan fingerprint density at radius 1 is 1.27 bits per heavy atom. The number of rotatable bonds is 8. The molecule has 144 valence electrons. The van der Waals surface area contributed by atoms with Crippen molar-refractivity contribution in [2.24, 2.45) is 10.4 Å². The minimum absolute atomic E-state index is 0.0112. The summed E-state index contributed by atoms with van der Waals surface area (Å²) < 4.78 is 0. The van der Waals surface area contributed by atoms with Crippen molar-refractivity contribution >= 4 is 17.6 Å². The van der Waals surface area contributed by atoms with E-state index < -0.39 is 0 Å². The molecular formula is C20H33N5O. The molecular weight excluding hydrogens is 326 g/mol. The summed E-state index contributed by atoms with van der Waals surface area (Å²) in [6.45, 7) is 4.28. The smallest absolute Gasteiger partial charge is 0.238 e. The van der Waals surface area contributed by atoms with E-state index in [1.54, 1.807) is 7.05 Å². The number of carbonyl (C=O) groups excluding carboxylic acids is 1. The van der Waals surface area contributed by atoms with Crippen LogP contribution in [0.15, 0.2) is 29.3 Å². The molecule has 1 aromatic rings. The molecule has 1 amide bonds. The van der Waals surface area contributed by atoms with Gasteiger partial charge in [-0.15, -0.1) is 0 Å². The third-order valence-electron chi connectivity index (χ3n) is 5.15. The quantitative estimate of drug-likeness (QED) is 0.493. The van der Waals surface area contributed by atoms with Gasteiger partial charge in [0.15, 0.2) is 5.96 Å². The van der Waals surface area contributed by atoms with Crippen molar-refractivity contribution in [3.05, 3.63) is 29.8 Å². The van der Waals surface area contributed by atoms with E-state index in [9.17, 15) is 4.79 Å². The summed E-state index contributed by atoms with van der Waals surface area (Å²) in [6, 6.07) is 7.90. The van der Waals surface area contributed by atoms with Crippen molar-refractivity contribution in [2.75, 3.05) is 39.5 Å². The second-order valence-electron chi connectivity index (χ2n) is 7.47. The molecule has 0 aromatic heterocycles. The molecule has 0 aliphatic heterocycles. The van der Waals surface area contributed by atoms with E-state index >= 15 is 0 Å². The Morgan fingerprint density at radius 3 is 2.62 bits per heavy atom. The lowest BCUT2D eigenvalue weighted by Crippen LogP contribution is -2.46. The van der Waals surface area contributed by atoms with Gasteiger partial charge in [-0.2, -0.15) is 0 Å². The Hall–Kier alpha value is -2.08. The molecule has 0 bridgehead atoms. The Morgan fingerprint density at radius 2 is 2.04 bits per heavy atom. The maximum absolute atomic E-state index is 11.9. The summed E-state index contributed by atoms with van der Waals surface area (Å²) in [5.41, 5.74) is 2.37. The van der Waals surface area contributed by atoms with Crippen molar-refractivity contribution in [1.29, 1.82) is 0 Å². The maximum Gasteiger partial charge on any atom is 0.238 e. The standard InChI is InChI=1S/C20H33N5O/c1-5-20(10-7-11-20)15-23-19(21-2)22-13-16-8-6-9-17(12-16)24-18(26)14-25(3)4/h6,8-9,12H,5,7,10-11,13-15H2,1-4H3,(H,24,26)(H2,21,22,23). The highest BCUT2D eigenvalue weighted by molar-refractivity contribution is 5.92. The van der Waals surface area contributed by atoms with Crippen molar-refractivity contribution in [3.63, 3.8) is 0 Å². The van der Waals surface area contributed by atoms with Gasteiger partial charge < -0.3 is 20.9 Å². The molecule has 0 radical (unpaired) electrons. The topological polar surface area (TPSA) is 68.8 Å². The molecule has 0 spiro atoms. The van der Waals surface area contributed by atoms with Gasteiger partial charge in [0.25, 0.3) is 0 Å². The lowest BCUT2D eigenvalue weighted by Gasteiger charge is -2.41. The van der Waals surface area contributed by atoms with Crippen LogP contribution in [0.4, 0.5) is 5.69 Å². The van der Waals surface area contributed by atoms with Crippen molar-refractivity contribution in [3.8, 4) is 0 Å². The van der Waals surface area contributed by atoms with Crippen LogP contribution in [0.3, 0.4) is 0 Å². The summed E-state index contributed by atoms with van der Waals surface area (Å²) in [7, 11) is 5.56. The average Bonchev–Trinajstić information content (AvgIpc) is 2.56. The second-order valence-corrected chi connectivity index (χ2v) is 7.47. The zero-order valence-electron chi connectivity index (χ0n) is 16.6. The average molecular weight is 360 g/mol. The SMILES string of the molecule is CCC1(CNC(=NC)NCc2cccc(NC(=O)CN(C)C)c2)CCC1. The number of likely N-dealkylation sites (N-methyl/N-ethyl adjacent to an activating group) is 1. The number of hydrogen-bond acceptors (Lipinski definition) is 3. The van der Waals surface area contributed by atoms with Crippen LogP contribution in [0.5, 0.6) is 0 Å². The number of amides is 1. The van der Waals surface area contributed by atoms with Gasteiger partial charge in [-0.25, -0.2) is 0 Å². The fraction of sp³-hybridized carbons (Fsp3) is 0.600. The number of aliphatic imine (C=N–C) groups is 1. The van der Waals surface area contributed by atoms with Gasteiger partial charge in [0.2, 0.25) is 5.91 Å². The fourth-order valence-electron chi connectivity index (χ4n) is 3.26. The monoisotopic (exact) mass is 359 g/mol. The van der Waals surface area contributed by atoms with Crippen molar-refractivity contribution in [2.45, 2.75) is 39.2 Å². The Bertz CT molecular complexity index is 617. The molecule has 3 N–H and O–H groups in total. The largest absolute Gasteiger partial charge is 0.356 e. The van der Waals surface area contributed by atoms with Gasteiger partial charge in [0.05, 0.1) is 6.54 Å². The van der Waals surface area contributed by atoms with Gasteiger partial charge in [-0.05, 0) is 56.5 Å². The van der Waals surface area contributed by atoms with Crippen LogP contribution in [0.2, 0.25) is 0 Å². The van der Waals surface area contributed by atoms with E-state index in [0.29, 0.717) is 18.5 Å². The van der Waals surface area contributed by atoms with Crippen LogP contribution in [0.1, 0.15) is 38.2 Å². The van der Waals surface area contributed by atoms with Crippen LogP contribution in [0, 0.1) is 5.41 Å². The van der Waals surface area contributed by atoms with Gasteiger partial charge in [-0.3, -0.25) is 9.79 Å². The molecule has 0 atom stereocenters. The molecule has 1 aromatic carbocycles. The van der Waals surface area contributed by atoms with Gasteiger partial charge in [0, 0.05) is 25.8 Å². The molecule has 1 saturated carbocycles. The van der Waals surface area contributed by atoms with Crippen molar-refractivity contribution < 1.29 is 4.79 Å². The zero-order valence-corrected chi connectivity index (χ0v) is 16.6. The van der Waals surface area contributed by atoms with Crippen LogP contribution in [0.25, 0.3) is 0 Å². The Balaban J connectivity index is 1.83. The van der Waals surface area contributed by atoms with E-state index in [4.69, 9.17) is 0 Å². The lowest BCUT2D eigenvalue weighted by atomic mass is 9.67. The molecule has 0 heterocycles. The molecule has 26 heavy (non-hydrogen) atoms. The molecule has 1 aliphatic rings. The molecule has 1 aliphatic carbocycles. The van der Waals surface area contributed by atoms with Crippen LogP contribution < -0.4 is 16.0 Å². The van der Waals surface area contributed by atoms with E-state index in [2.05, 4.69) is 27.9 Å². The number of carbonyl (C=O) groups is 1. The first kappa shape index (κ1) is 20.2. The number of hydrogen-bond donors (Lipinski definition) is 3. The van der Waals surface area contributed by atoms with Gasteiger partial charge in [-0.1, -0.05) is 25.5 Å². The van der Waals surface area contributed by atoms with Gasteiger partial charge >= 0.3 is 0 Å². The highest BCUT2D eigenvalue weighted by Gasteiger charge is 2.34. The van der Waals surface area contributed by atoms with Crippen LogP contribution in [-0.2, 0) is 11.3 Å². The van der Waals surface area contributed by atoms with Crippen molar-refractivity contribution in [1.82, 2.24) is 15.5 Å². The fourth-order valence-corrected chi connectivity index (χ4v) is 3.26. The molecule has 0 saturated heterocycles. The number of nitrogens with zero attached hydrogens (tertiary/aromatic N) is 2. The predicted molar refractivity (Wildman–Crippen MR) is 108 cm³/mol. The zero-order chi connectivity index (χ0) is 19.0. The maximum atomic E-state index is 11.9. The first-order chi connectivity index (χ1) is 12.5. The lowest BCUT2D eigenvalue weighted by molar-refractivity contribution is -0.116. The summed E-state index contributed by atoms with van der Waals surface area (Å²) in [6.07, 6.45) is 5.17. The number of nitrogens with one attached hydrogen (secondary N) is 3. The highest BCUT2D eigenvalue weighted by Crippen LogP contribution is 2.42. The number of guanidine groups is 1. The molecule has 6 nitrogen and oxygen atoms in total.